The fourth-order valence-corrected chi connectivity index (χ4v) is 4.57. The zero-order valence-electron chi connectivity index (χ0n) is 12.8. The van der Waals surface area contributed by atoms with E-state index in [1.54, 1.807) is 18.2 Å². The van der Waals surface area contributed by atoms with Crippen molar-refractivity contribution < 1.29 is 13.5 Å². The van der Waals surface area contributed by atoms with E-state index in [0.29, 0.717) is 11.4 Å². The van der Waals surface area contributed by atoms with Crippen molar-refractivity contribution >= 4 is 10.0 Å². The molecule has 6 heteroatoms. The van der Waals surface area contributed by atoms with Crippen molar-refractivity contribution in [2.75, 3.05) is 20.2 Å². The number of nitrogens with zero attached hydrogens (tertiary/aromatic N) is 1. The van der Waals surface area contributed by atoms with Gasteiger partial charge in [-0.05, 0) is 44.0 Å². The maximum Gasteiger partial charge on any atom is 0.243 e. The molecule has 0 bridgehead atoms. The third-order valence-electron chi connectivity index (χ3n) is 4.42. The molecule has 1 aliphatic rings. The maximum atomic E-state index is 12.8. The van der Waals surface area contributed by atoms with Crippen LogP contribution in [0.5, 0.6) is 0 Å². The second kappa shape index (κ2) is 6.44. The van der Waals surface area contributed by atoms with Gasteiger partial charge in [0.15, 0.2) is 0 Å². The lowest BCUT2D eigenvalue weighted by Crippen LogP contribution is -2.39. The van der Waals surface area contributed by atoms with Crippen molar-refractivity contribution in [2.24, 2.45) is 5.92 Å². The summed E-state index contributed by atoms with van der Waals surface area (Å²) in [5.74, 6) is 0.184. The topological polar surface area (TPSA) is 69.6 Å². The second-order valence-electron chi connectivity index (χ2n) is 5.71. The van der Waals surface area contributed by atoms with Crippen molar-refractivity contribution in [3.8, 4) is 0 Å². The first-order valence-corrected chi connectivity index (χ1v) is 8.75. The molecule has 1 aliphatic heterocycles. The van der Waals surface area contributed by atoms with Crippen LogP contribution in [0.4, 0.5) is 0 Å². The predicted molar refractivity (Wildman–Crippen MR) is 82.5 cm³/mol. The second-order valence-corrected chi connectivity index (χ2v) is 7.61. The van der Waals surface area contributed by atoms with E-state index in [2.05, 4.69) is 5.32 Å². The summed E-state index contributed by atoms with van der Waals surface area (Å²) in [4.78, 5) is 0.301. The van der Waals surface area contributed by atoms with Gasteiger partial charge in [0.1, 0.15) is 0 Å². The first kappa shape index (κ1) is 16.4. The standard InChI is InChI=1S/C15H24N2O3S/c1-11-7-8-17(15(11)10-18)21(19,20)14-6-4-5-13(9-14)12(2)16-3/h4-6,9,11-12,15-16,18H,7-8,10H2,1-3H3. The summed E-state index contributed by atoms with van der Waals surface area (Å²) in [7, 11) is -1.71. The third-order valence-corrected chi connectivity index (χ3v) is 6.34. The Labute approximate surface area is 127 Å². The number of rotatable bonds is 5. The molecular formula is C15H24N2O3S. The van der Waals surface area contributed by atoms with E-state index in [1.807, 2.05) is 27.0 Å². The first-order chi connectivity index (χ1) is 9.91. The van der Waals surface area contributed by atoms with Crippen molar-refractivity contribution in [1.29, 1.82) is 0 Å². The summed E-state index contributed by atoms with van der Waals surface area (Å²) in [6, 6.07) is 6.79. The van der Waals surface area contributed by atoms with Gasteiger partial charge in [-0.3, -0.25) is 0 Å². The van der Waals surface area contributed by atoms with Gasteiger partial charge in [0.05, 0.1) is 17.5 Å². The van der Waals surface area contributed by atoms with E-state index in [1.165, 1.54) is 4.31 Å². The van der Waals surface area contributed by atoms with Crippen LogP contribution in [-0.2, 0) is 10.0 Å². The SMILES string of the molecule is CNC(C)c1cccc(S(=O)(=O)N2CCC(C)C2CO)c1. The van der Waals surface area contributed by atoms with Crippen LogP contribution >= 0.6 is 0 Å². The molecule has 0 amide bonds. The van der Waals surface area contributed by atoms with Crippen molar-refractivity contribution in [2.45, 2.75) is 37.2 Å². The summed E-state index contributed by atoms with van der Waals surface area (Å²) >= 11 is 0. The Morgan fingerprint density at radius 1 is 1.48 bits per heavy atom. The Bertz CT molecular complexity index is 588. The van der Waals surface area contributed by atoms with Crippen molar-refractivity contribution in [1.82, 2.24) is 9.62 Å². The molecule has 1 aromatic carbocycles. The van der Waals surface area contributed by atoms with Gasteiger partial charge >= 0.3 is 0 Å². The molecule has 2 N–H and O–H groups in total. The lowest BCUT2D eigenvalue weighted by Gasteiger charge is -2.25. The van der Waals surface area contributed by atoms with E-state index in [-0.39, 0.29) is 24.6 Å². The number of hydrogen-bond acceptors (Lipinski definition) is 4. The quantitative estimate of drug-likeness (QED) is 0.861. The maximum absolute atomic E-state index is 12.8. The molecule has 1 aromatic rings. The van der Waals surface area contributed by atoms with Gasteiger partial charge in [-0.15, -0.1) is 0 Å². The van der Waals surface area contributed by atoms with Crippen LogP contribution < -0.4 is 5.32 Å². The highest BCUT2D eigenvalue weighted by atomic mass is 32.2. The Kier molecular flexibility index (Phi) is 5.03. The van der Waals surface area contributed by atoms with Crippen LogP contribution in [-0.4, -0.2) is 44.1 Å². The van der Waals surface area contributed by atoms with Crippen molar-refractivity contribution in [3.05, 3.63) is 29.8 Å². The molecule has 0 aliphatic carbocycles. The van der Waals surface area contributed by atoms with Gasteiger partial charge < -0.3 is 10.4 Å². The zero-order valence-corrected chi connectivity index (χ0v) is 13.6. The average molecular weight is 312 g/mol. The normalized spacial score (nSPS) is 25.1. The van der Waals surface area contributed by atoms with Gasteiger partial charge in [0, 0.05) is 12.6 Å². The molecule has 0 radical (unpaired) electrons. The van der Waals surface area contributed by atoms with Gasteiger partial charge in [-0.25, -0.2) is 8.42 Å². The Hall–Kier alpha value is -0.950. The van der Waals surface area contributed by atoms with E-state index in [9.17, 15) is 13.5 Å². The minimum Gasteiger partial charge on any atom is -0.395 e. The molecule has 0 spiro atoms. The fraction of sp³-hybridized carbons (Fsp3) is 0.600. The smallest absolute Gasteiger partial charge is 0.243 e. The van der Waals surface area contributed by atoms with Gasteiger partial charge in [0.25, 0.3) is 0 Å². The van der Waals surface area contributed by atoms with E-state index < -0.39 is 10.0 Å². The highest BCUT2D eigenvalue weighted by Crippen LogP contribution is 2.30. The van der Waals surface area contributed by atoms with E-state index >= 15 is 0 Å². The monoisotopic (exact) mass is 312 g/mol. The molecular weight excluding hydrogens is 288 g/mol. The summed E-state index contributed by atoms with van der Waals surface area (Å²) in [5, 5.41) is 12.6. The van der Waals surface area contributed by atoms with Crippen LogP contribution in [0.1, 0.15) is 31.9 Å². The van der Waals surface area contributed by atoms with Crippen LogP contribution in [0.2, 0.25) is 0 Å². The molecule has 2 rings (SSSR count). The number of nitrogens with one attached hydrogen (secondary N) is 1. The van der Waals surface area contributed by atoms with Crippen LogP contribution in [0.15, 0.2) is 29.2 Å². The average Bonchev–Trinajstić information content (AvgIpc) is 2.88. The van der Waals surface area contributed by atoms with Crippen molar-refractivity contribution in [3.63, 3.8) is 0 Å². The number of hydrogen-bond donors (Lipinski definition) is 2. The molecule has 1 saturated heterocycles. The molecule has 21 heavy (non-hydrogen) atoms. The molecule has 1 fully saturated rings. The fourth-order valence-electron chi connectivity index (χ4n) is 2.79. The highest BCUT2D eigenvalue weighted by Gasteiger charge is 2.39. The number of aliphatic hydroxyl groups excluding tert-OH is 1. The predicted octanol–water partition coefficient (Wildman–Crippen LogP) is 1.36. The Morgan fingerprint density at radius 3 is 2.81 bits per heavy atom. The molecule has 0 aromatic heterocycles. The molecule has 0 saturated carbocycles. The van der Waals surface area contributed by atoms with E-state index in [4.69, 9.17) is 0 Å². The minimum atomic E-state index is -3.55. The third kappa shape index (κ3) is 3.13. The molecule has 118 valence electrons. The largest absolute Gasteiger partial charge is 0.395 e. The van der Waals surface area contributed by atoms with Crippen LogP contribution in [0.3, 0.4) is 0 Å². The minimum absolute atomic E-state index is 0.0892. The molecule has 3 unspecified atom stereocenters. The van der Waals surface area contributed by atoms with Crippen LogP contribution in [0.25, 0.3) is 0 Å². The number of benzene rings is 1. The first-order valence-electron chi connectivity index (χ1n) is 7.31. The summed E-state index contributed by atoms with van der Waals surface area (Å²) in [6.07, 6.45) is 0.789. The lowest BCUT2D eigenvalue weighted by atomic mass is 10.0. The Morgan fingerprint density at radius 2 is 2.19 bits per heavy atom. The molecule has 5 nitrogen and oxygen atoms in total. The lowest BCUT2D eigenvalue weighted by molar-refractivity contribution is 0.191. The van der Waals surface area contributed by atoms with Gasteiger partial charge in [0.2, 0.25) is 10.0 Å². The highest BCUT2D eigenvalue weighted by molar-refractivity contribution is 7.89. The van der Waals surface area contributed by atoms with Gasteiger partial charge in [-0.2, -0.15) is 4.31 Å². The number of aliphatic hydroxyl groups is 1. The van der Waals surface area contributed by atoms with Gasteiger partial charge in [-0.1, -0.05) is 19.1 Å². The number of sulfonamides is 1. The zero-order chi connectivity index (χ0) is 15.6. The molecule has 3 atom stereocenters. The summed E-state index contributed by atoms with van der Waals surface area (Å²) in [5.41, 5.74) is 0.936. The summed E-state index contributed by atoms with van der Waals surface area (Å²) < 4.78 is 27.1. The molecule has 1 heterocycles. The van der Waals surface area contributed by atoms with E-state index in [0.717, 1.165) is 12.0 Å². The Balaban J connectivity index is 2.36. The summed E-state index contributed by atoms with van der Waals surface area (Å²) in [6.45, 7) is 4.31. The van der Waals surface area contributed by atoms with Crippen LogP contribution in [0, 0.1) is 5.92 Å².